The zero-order valence-electron chi connectivity index (χ0n) is 11.5. The van der Waals surface area contributed by atoms with Gasteiger partial charge in [-0.2, -0.15) is 0 Å². The van der Waals surface area contributed by atoms with Crippen LogP contribution < -0.4 is 5.32 Å². The first-order valence-electron chi connectivity index (χ1n) is 6.70. The van der Waals surface area contributed by atoms with E-state index < -0.39 is 12.0 Å². The first-order valence-corrected chi connectivity index (χ1v) is 6.70. The molecule has 1 amide bonds. The molecular formula is C13H24N2O3. The summed E-state index contributed by atoms with van der Waals surface area (Å²) in [4.78, 5) is 25.3. The molecule has 0 aromatic heterocycles. The minimum atomic E-state index is -0.948. The van der Waals surface area contributed by atoms with E-state index in [1.54, 1.807) is 0 Å². The molecule has 5 heteroatoms. The number of carbonyl (C=O) groups is 2. The molecule has 1 heterocycles. The van der Waals surface area contributed by atoms with Crippen molar-refractivity contribution in [3.05, 3.63) is 0 Å². The van der Waals surface area contributed by atoms with E-state index in [-0.39, 0.29) is 17.9 Å². The van der Waals surface area contributed by atoms with Crippen LogP contribution >= 0.6 is 0 Å². The highest BCUT2D eigenvalue weighted by Crippen LogP contribution is 2.16. The third-order valence-corrected chi connectivity index (χ3v) is 3.85. The summed E-state index contributed by atoms with van der Waals surface area (Å²) in [5.41, 5.74) is 0. The first-order chi connectivity index (χ1) is 8.47. The summed E-state index contributed by atoms with van der Waals surface area (Å²) in [5, 5.41) is 11.8. The number of hydrogen-bond acceptors (Lipinski definition) is 3. The van der Waals surface area contributed by atoms with Gasteiger partial charge in [0.15, 0.2) is 0 Å². The Kier molecular flexibility index (Phi) is 5.59. The lowest BCUT2D eigenvalue weighted by molar-refractivity contribution is -0.144. The summed E-state index contributed by atoms with van der Waals surface area (Å²) in [6, 6.07) is -0.956. The summed E-state index contributed by atoms with van der Waals surface area (Å²) in [6.45, 7) is 4.68. The van der Waals surface area contributed by atoms with E-state index in [1.807, 2.05) is 25.8 Å². The van der Waals surface area contributed by atoms with E-state index >= 15 is 0 Å². The van der Waals surface area contributed by atoms with Crippen molar-refractivity contribution in [1.29, 1.82) is 0 Å². The second-order valence-corrected chi connectivity index (χ2v) is 5.20. The minimum absolute atomic E-state index is 0.0552. The highest BCUT2D eigenvalue weighted by atomic mass is 16.4. The smallest absolute Gasteiger partial charge is 0.326 e. The summed E-state index contributed by atoms with van der Waals surface area (Å²) < 4.78 is 0. The van der Waals surface area contributed by atoms with Gasteiger partial charge in [-0.3, -0.25) is 9.69 Å². The molecule has 1 aliphatic rings. The molecule has 0 unspecified atom stereocenters. The quantitative estimate of drug-likeness (QED) is 0.772. The molecule has 0 spiro atoms. The molecule has 0 aromatic carbocycles. The second kappa shape index (κ2) is 6.73. The highest BCUT2D eigenvalue weighted by Gasteiger charge is 2.31. The number of carboxylic acid groups (broad SMARTS) is 1. The Morgan fingerprint density at radius 2 is 2.11 bits per heavy atom. The zero-order valence-corrected chi connectivity index (χ0v) is 11.5. The van der Waals surface area contributed by atoms with Crippen molar-refractivity contribution in [2.45, 2.75) is 51.6 Å². The van der Waals surface area contributed by atoms with Crippen molar-refractivity contribution in [2.75, 3.05) is 13.6 Å². The van der Waals surface area contributed by atoms with E-state index in [2.05, 4.69) is 5.32 Å². The van der Waals surface area contributed by atoms with Gasteiger partial charge in [0, 0.05) is 0 Å². The SMILES string of the molecule is CC[C@H](C)[C@H](NC(=O)[C@@H]1CCCCN1C)C(=O)O. The van der Waals surface area contributed by atoms with Gasteiger partial charge in [-0.15, -0.1) is 0 Å². The molecule has 1 fully saturated rings. The first kappa shape index (κ1) is 15.0. The minimum Gasteiger partial charge on any atom is -0.480 e. The van der Waals surface area contributed by atoms with Crippen molar-refractivity contribution in [3.8, 4) is 0 Å². The van der Waals surface area contributed by atoms with Gasteiger partial charge < -0.3 is 10.4 Å². The molecular weight excluding hydrogens is 232 g/mol. The lowest BCUT2D eigenvalue weighted by Gasteiger charge is -2.32. The molecule has 0 radical (unpaired) electrons. The number of likely N-dealkylation sites (tertiary alicyclic amines) is 1. The average Bonchev–Trinajstić information content (AvgIpc) is 2.35. The van der Waals surface area contributed by atoms with E-state index in [1.165, 1.54) is 0 Å². The topological polar surface area (TPSA) is 69.6 Å². The van der Waals surface area contributed by atoms with Crippen molar-refractivity contribution in [1.82, 2.24) is 10.2 Å². The van der Waals surface area contributed by atoms with Gasteiger partial charge >= 0.3 is 5.97 Å². The van der Waals surface area contributed by atoms with Crippen LogP contribution in [0, 0.1) is 5.92 Å². The molecule has 0 bridgehead atoms. The van der Waals surface area contributed by atoms with Gasteiger partial charge in [-0.1, -0.05) is 26.7 Å². The standard InChI is InChI=1S/C13H24N2O3/c1-4-9(2)11(13(17)18)14-12(16)10-7-5-6-8-15(10)3/h9-11H,4-8H2,1-3H3,(H,14,16)(H,17,18)/t9-,10-,11-/m0/s1. The molecule has 0 aliphatic carbocycles. The van der Waals surface area contributed by atoms with Gasteiger partial charge in [0.1, 0.15) is 6.04 Å². The molecule has 0 aromatic rings. The zero-order chi connectivity index (χ0) is 13.7. The Balaban J connectivity index is 2.63. The summed E-state index contributed by atoms with van der Waals surface area (Å²) in [6.07, 6.45) is 3.68. The van der Waals surface area contributed by atoms with Crippen LogP contribution in [0.5, 0.6) is 0 Å². The summed E-state index contributed by atoms with van der Waals surface area (Å²) >= 11 is 0. The number of nitrogens with zero attached hydrogens (tertiary/aromatic N) is 1. The molecule has 1 rings (SSSR count). The van der Waals surface area contributed by atoms with E-state index in [0.717, 1.165) is 32.2 Å². The number of hydrogen-bond donors (Lipinski definition) is 2. The van der Waals surface area contributed by atoms with Crippen LogP contribution in [-0.4, -0.2) is 47.6 Å². The summed E-state index contributed by atoms with van der Waals surface area (Å²) in [5.74, 6) is -1.15. The van der Waals surface area contributed by atoms with Crippen molar-refractivity contribution in [3.63, 3.8) is 0 Å². The maximum Gasteiger partial charge on any atom is 0.326 e. The molecule has 2 N–H and O–H groups in total. The summed E-state index contributed by atoms with van der Waals surface area (Å²) in [7, 11) is 1.92. The van der Waals surface area contributed by atoms with Crippen LogP contribution in [0.4, 0.5) is 0 Å². The number of nitrogens with one attached hydrogen (secondary N) is 1. The van der Waals surface area contributed by atoms with Gasteiger partial charge in [-0.05, 0) is 32.4 Å². The molecule has 3 atom stereocenters. The largest absolute Gasteiger partial charge is 0.480 e. The van der Waals surface area contributed by atoms with Crippen LogP contribution in [0.2, 0.25) is 0 Å². The highest BCUT2D eigenvalue weighted by molar-refractivity contribution is 5.87. The van der Waals surface area contributed by atoms with Crippen molar-refractivity contribution in [2.24, 2.45) is 5.92 Å². The van der Waals surface area contributed by atoms with Crippen molar-refractivity contribution < 1.29 is 14.7 Å². The van der Waals surface area contributed by atoms with Crippen LogP contribution in [0.3, 0.4) is 0 Å². The van der Waals surface area contributed by atoms with Gasteiger partial charge in [0.2, 0.25) is 5.91 Å². The number of piperidine rings is 1. The third kappa shape index (κ3) is 3.70. The Hall–Kier alpha value is -1.10. The molecule has 104 valence electrons. The molecule has 18 heavy (non-hydrogen) atoms. The fourth-order valence-corrected chi connectivity index (χ4v) is 2.34. The van der Waals surface area contributed by atoms with Crippen LogP contribution in [0.25, 0.3) is 0 Å². The maximum atomic E-state index is 12.1. The second-order valence-electron chi connectivity index (χ2n) is 5.20. The Bertz CT molecular complexity index is 307. The normalized spacial score (nSPS) is 24.3. The predicted molar refractivity (Wildman–Crippen MR) is 69.3 cm³/mol. The van der Waals surface area contributed by atoms with Gasteiger partial charge in [0.05, 0.1) is 6.04 Å². The average molecular weight is 256 g/mol. The number of aliphatic carboxylic acids is 1. The van der Waals surface area contributed by atoms with E-state index in [9.17, 15) is 9.59 Å². The number of carbonyl (C=O) groups excluding carboxylic acids is 1. The van der Waals surface area contributed by atoms with E-state index in [0.29, 0.717) is 0 Å². The Morgan fingerprint density at radius 1 is 1.44 bits per heavy atom. The lowest BCUT2D eigenvalue weighted by atomic mass is 9.97. The van der Waals surface area contributed by atoms with Crippen LogP contribution in [-0.2, 0) is 9.59 Å². The predicted octanol–water partition coefficient (Wildman–Crippen LogP) is 1.09. The maximum absolute atomic E-state index is 12.1. The Labute approximate surface area is 109 Å². The number of carboxylic acids is 1. The van der Waals surface area contributed by atoms with Crippen LogP contribution in [0.15, 0.2) is 0 Å². The van der Waals surface area contributed by atoms with Gasteiger partial charge in [0.25, 0.3) is 0 Å². The number of likely N-dealkylation sites (N-methyl/N-ethyl adjacent to an activating group) is 1. The lowest BCUT2D eigenvalue weighted by Crippen LogP contribution is -2.53. The van der Waals surface area contributed by atoms with Crippen molar-refractivity contribution >= 4 is 11.9 Å². The molecule has 1 saturated heterocycles. The fraction of sp³-hybridized carbons (Fsp3) is 0.846. The number of rotatable bonds is 5. The molecule has 0 saturated carbocycles. The molecule has 5 nitrogen and oxygen atoms in total. The van der Waals surface area contributed by atoms with Crippen LogP contribution in [0.1, 0.15) is 39.5 Å². The number of amides is 1. The van der Waals surface area contributed by atoms with Gasteiger partial charge in [-0.25, -0.2) is 4.79 Å². The fourth-order valence-electron chi connectivity index (χ4n) is 2.34. The Morgan fingerprint density at radius 3 is 2.61 bits per heavy atom. The molecule has 1 aliphatic heterocycles. The third-order valence-electron chi connectivity index (χ3n) is 3.85. The van der Waals surface area contributed by atoms with E-state index in [4.69, 9.17) is 5.11 Å². The monoisotopic (exact) mass is 256 g/mol.